The highest BCUT2D eigenvalue weighted by molar-refractivity contribution is 7.57. The molecule has 0 saturated carbocycles. The van der Waals surface area contributed by atoms with Crippen molar-refractivity contribution in [2.45, 2.75) is 6.92 Å². The summed E-state index contributed by atoms with van der Waals surface area (Å²) in [5, 5.41) is 1.98. The number of hydrogen-bond donors (Lipinski definition) is 3. The summed E-state index contributed by atoms with van der Waals surface area (Å²) in [6, 6.07) is 1.58. The van der Waals surface area contributed by atoms with Crippen molar-refractivity contribution in [3.63, 3.8) is 0 Å². The Kier molecular flexibility index (Phi) is 3.34. The van der Waals surface area contributed by atoms with Gasteiger partial charge in [0.15, 0.2) is 0 Å². The zero-order chi connectivity index (χ0) is 10.9. The Balaban J connectivity index is 2.90. The van der Waals surface area contributed by atoms with Gasteiger partial charge in [-0.1, -0.05) is 11.6 Å². The molecule has 0 aliphatic carbocycles. The van der Waals surface area contributed by atoms with Crippen LogP contribution >= 0.6 is 30.5 Å². The van der Waals surface area contributed by atoms with Crippen molar-refractivity contribution in [3.05, 3.63) is 20.8 Å². The molecule has 8 heteroatoms. The van der Waals surface area contributed by atoms with Gasteiger partial charge < -0.3 is 0 Å². The van der Waals surface area contributed by atoms with Gasteiger partial charge in [0.25, 0.3) is 5.91 Å². The lowest BCUT2D eigenvalue weighted by Gasteiger charge is -2.07. The number of aryl methyl sites for hydroxylation is 1. The van der Waals surface area contributed by atoms with Crippen LogP contribution in [0.15, 0.2) is 6.07 Å². The SMILES string of the molecule is Cc1cc(C(=O)NP(N)(N)=O)c(Cl)s1. The zero-order valence-corrected chi connectivity index (χ0v) is 9.75. The second-order valence-corrected chi connectivity index (χ2v) is 6.20. The van der Waals surface area contributed by atoms with E-state index in [1.807, 2.05) is 5.09 Å². The van der Waals surface area contributed by atoms with Crippen LogP contribution in [0.2, 0.25) is 4.34 Å². The van der Waals surface area contributed by atoms with Crippen LogP contribution in [0.1, 0.15) is 15.2 Å². The standard InChI is InChI=1S/C6H9ClN3O2PS/c1-3-2-4(5(7)14-3)6(11)10-13(8,9)12/h2H,1H3,(H5,8,9,10,11,12). The van der Waals surface area contributed by atoms with Crippen molar-refractivity contribution in [2.24, 2.45) is 11.0 Å². The van der Waals surface area contributed by atoms with Crippen LogP contribution in [0.5, 0.6) is 0 Å². The summed E-state index contributed by atoms with van der Waals surface area (Å²) in [5.41, 5.74) is 10.2. The molecular formula is C6H9ClN3O2PS. The third-order valence-corrected chi connectivity index (χ3v) is 3.16. The van der Waals surface area contributed by atoms with Crippen molar-refractivity contribution in [1.29, 1.82) is 0 Å². The minimum atomic E-state index is -3.55. The van der Waals surface area contributed by atoms with E-state index < -0.39 is 13.5 Å². The van der Waals surface area contributed by atoms with E-state index in [0.717, 1.165) is 4.88 Å². The van der Waals surface area contributed by atoms with E-state index in [-0.39, 0.29) is 5.56 Å². The highest BCUT2D eigenvalue weighted by Crippen LogP contribution is 2.28. The molecule has 0 radical (unpaired) electrons. The van der Waals surface area contributed by atoms with Gasteiger partial charge in [0.1, 0.15) is 4.34 Å². The smallest absolute Gasteiger partial charge is 0.279 e. The summed E-state index contributed by atoms with van der Waals surface area (Å²) in [6.07, 6.45) is 0. The summed E-state index contributed by atoms with van der Waals surface area (Å²) in [5.74, 6) is -0.618. The second kappa shape index (κ2) is 4.00. The number of thiophene rings is 1. The fraction of sp³-hybridized carbons (Fsp3) is 0.167. The Morgan fingerprint density at radius 1 is 1.64 bits per heavy atom. The molecule has 0 spiro atoms. The molecular weight excluding hydrogens is 245 g/mol. The Bertz CT molecular complexity index is 413. The molecule has 0 saturated heterocycles. The maximum absolute atomic E-state index is 11.4. The first kappa shape index (κ1) is 11.7. The summed E-state index contributed by atoms with van der Waals surface area (Å²) in [6.45, 7) is 1.80. The number of amides is 1. The summed E-state index contributed by atoms with van der Waals surface area (Å²) in [7, 11) is -3.55. The molecule has 0 bridgehead atoms. The quantitative estimate of drug-likeness (QED) is 0.695. The van der Waals surface area contributed by atoms with Crippen LogP contribution in [0.3, 0.4) is 0 Å². The van der Waals surface area contributed by atoms with Gasteiger partial charge in [0.2, 0.25) is 0 Å². The lowest BCUT2D eigenvalue weighted by atomic mass is 10.3. The normalized spacial score (nSPS) is 11.4. The van der Waals surface area contributed by atoms with Crippen LogP contribution in [-0.2, 0) is 4.57 Å². The fourth-order valence-electron chi connectivity index (χ4n) is 0.860. The van der Waals surface area contributed by atoms with Crippen molar-refractivity contribution in [3.8, 4) is 0 Å². The number of rotatable bonds is 2. The first-order valence-electron chi connectivity index (χ1n) is 3.55. The Morgan fingerprint density at radius 2 is 2.21 bits per heavy atom. The molecule has 14 heavy (non-hydrogen) atoms. The number of carbonyl (C=O) groups excluding carboxylic acids is 1. The zero-order valence-electron chi connectivity index (χ0n) is 7.28. The van der Waals surface area contributed by atoms with Gasteiger partial charge >= 0.3 is 7.59 Å². The average molecular weight is 254 g/mol. The molecule has 0 aromatic carbocycles. The summed E-state index contributed by atoms with van der Waals surface area (Å²) in [4.78, 5) is 12.3. The first-order valence-corrected chi connectivity index (χ1v) is 6.59. The number of nitrogens with one attached hydrogen (secondary N) is 1. The number of halogens is 1. The second-order valence-electron chi connectivity index (χ2n) is 2.69. The summed E-state index contributed by atoms with van der Waals surface area (Å²) < 4.78 is 11.2. The fourth-order valence-corrected chi connectivity index (χ4v) is 2.52. The predicted molar refractivity (Wildman–Crippen MR) is 57.5 cm³/mol. The van der Waals surface area contributed by atoms with Gasteiger partial charge in [-0.15, -0.1) is 11.3 Å². The van der Waals surface area contributed by atoms with Crippen LogP contribution in [0, 0.1) is 6.92 Å². The van der Waals surface area contributed by atoms with E-state index in [4.69, 9.17) is 22.6 Å². The van der Waals surface area contributed by atoms with Gasteiger partial charge in [-0.05, 0) is 13.0 Å². The molecule has 0 unspecified atom stereocenters. The van der Waals surface area contributed by atoms with E-state index in [2.05, 4.69) is 0 Å². The molecule has 0 fully saturated rings. The van der Waals surface area contributed by atoms with Gasteiger partial charge in [0, 0.05) is 4.88 Å². The van der Waals surface area contributed by atoms with Crippen LogP contribution in [-0.4, -0.2) is 5.91 Å². The van der Waals surface area contributed by atoms with Gasteiger partial charge in [-0.2, -0.15) is 0 Å². The average Bonchev–Trinajstić information content (AvgIpc) is 2.26. The Hall–Kier alpha value is -0.390. The lowest BCUT2D eigenvalue weighted by Crippen LogP contribution is -2.28. The van der Waals surface area contributed by atoms with Gasteiger partial charge in [-0.3, -0.25) is 25.5 Å². The summed E-state index contributed by atoms with van der Waals surface area (Å²) >= 11 is 7.01. The minimum Gasteiger partial charge on any atom is -0.279 e. The largest absolute Gasteiger partial charge is 0.300 e. The highest BCUT2D eigenvalue weighted by Gasteiger charge is 2.18. The molecule has 0 atom stereocenters. The van der Waals surface area contributed by atoms with Gasteiger partial charge in [0.05, 0.1) is 5.56 Å². The van der Waals surface area contributed by atoms with Crippen LogP contribution in [0.25, 0.3) is 0 Å². The maximum atomic E-state index is 11.4. The molecule has 5 nitrogen and oxygen atoms in total. The first-order chi connectivity index (χ1) is 6.29. The third kappa shape index (κ3) is 3.08. The molecule has 1 amide bonds. The molecule has 5 N–H and O–H groups in total. The molecule has 1 heterocycles. The van der Waals surface area contributed by atoms with Crippen molar-refractivity contribution in [2.75, 3.05) is 0 Å². The van der Waals surface area contributed by atoms with Gasteiger partial charge in [-0.25, -0.2) is 0 Å². The van der Waals surface area contributed by atoms with E-state index >= 15 is 0 Å². The molecule has 1 rings (SSSR count). The maximum Gasteiger partial charge on any atom is 0.300 e. The van der Waals surface area contributed by atoms with Crippen molar-refractivity contribution >= 4 is 36.4 Å². The van der Waals surface area contributed by atoms with E-state index in [9.17, 15) is 9.36 Å². The minimum absolute atomic E-state index is 0.241. The number of carbonyl (C=O) groups is 1. The molecule has 0 aliphatic heterocycles. The molecule has 78 valence electrons. The van der Waals surface area contributed by atoms with Crippen LogP contribution < -0.4 is 16.1 Å². The molecule has 1 aromatic heterocycles. The predicted octanol–water partition coefficient (Wildman–Crippen LogP) is 1.47. The van der Waals surface area contributed by atoms with E-state index in [0.29, 0.717) is 4.34 Å². The van der Waals surface area contributed by atoms with Crippen molar-refractivity contribution < 1.29 is 9.36 Å². The number of hydrogen-bond acceptors (Lipinski definition) is 3. The van der Waals surface area contributed by atoms with E-state index in [1.165, 1.54) is 11.3 Å². The van der Waals surface area contributed by atoms with E-state index in [1.54, 1.807) is 13.0 Å². The van der Waals surface area contributed by atoms with Crippen molar-refractivity contribution in [1.82, 2.24) is 5.09 Å². The third-order valence-electron chi connectivity index (χ3n) is 1.33. The lowest BCUT2D eigenvalue weighted by molar-refractivity contribution is 0.0981. The monoisotopic (exact) mass is 253 g/mol. The topological polar surface area (TPSA) is 98.2 Å². The number of nitrogens with two attached hydrogens (primary N) is 2. The Labute approximate surface area is 90.0 Å². The molecule has 0 aliphatic rings. The molecule has 1 aromatic rings. The van der Waals surface area contributed by atoms with Crippen LogP contribution in [0.4, 0.5) is 0 Å². The highest BCUT2D eigenvalue weighted by atomic mass is 35.5. The Morgan fingerprint density at radius 3 is 2.57 bits per heavy atom.